The van der Waals surface area contributed by atoms with Crippen LogP contribution in [0, 0.1) is 0 Å². The van der Waals surface area contributed by atoms with Gasteiger partial charge in [0.25, 0.3) is 0 Å². The lowest BCUT2D eigenvalue weighted by molar-refractivity contribution is 0.0993. The molecule has 0 saturated heterocycles. The summed E-state index contributed by atoms with van der Waals surface area (Å²) in [7, 11) is 0. The second-order valence-electron chi connectivity index (χ2n) is 8.59. The number of hydrogen-bond acceptors (Lipinski definition) is 1. The maximum Gasteiger partial charge on any atom is 0.163 e. The molecule has 0 amide bonds. The molecule has 0 fully saturated rings. The summed E-state index contributed by atoms with van der Waals surface area (Å²) in [5.41, 5.74) is 7.20. The van der Waals surface area contributed by atoms with E-state index in [1.54, 1.807) is 0 Å². The number of benzene rings is 1. The summed E-state index contributed by atoms with van der Waals surface area (Å²) in [5, 5.41) is 0. The van der Waals surface area contributed by atoms with E-state index in [9.17, 15) is 4.79 Å². The van der Waals surface area contributed by atoms with Crippen LogP contribution in [0.3, 0.4) is 0 Å². The van der Waals surface area contributed by atoms with Gasteiger partial charge >= 0.3 is 0 Å². The lowest BCUT2D eigenvalue weighted by Crippen LogP contribution is -2.35. The van der Waals surface area contributed by atoms with Crippen LogP contribution in [0.1, 0.15) is 99.3 Å². The van der Waals surface area contributed by atoms with Gasteiger partial charge in [-0.2, -0.15) is 0 Å². The topological polar surface area (TPSA) is 17.1 Å². The molecule has 0 aliphatic heterocycles. The van der Waals surface area contributed by atoms with Gasteiger partial charge in [-0.25, -0.2) is 0 Å². The first-order valence-corrected chi connectivity index (χ1v) is 8.39. The van der Waals surface area contributed by atoms with Crippen molar-refractivity contribution in [3.8, 4) is 0 Å². The van der Waals surface area contributed by atoms with Gasteiger partial charge in [-0.3, -0.25) is 4.79 Å². The van der Waals surface area contributed by atoms with E-state index in [0.29, 0.717) is 18.1 Å². The van der Waals surface area contributed by atoms with E-state index in [-0.39, 0.29) is 10.8 Å². The van der Waals surface area contributed by atoms with Crippen LogP contribution in [0.5, 0.6) is 0 Å². The molecule has 0 radical (unpaired) electrons. The van der Waals surface area contributed by atoms with Gasteiger partial charge in [0.05, 0.1) is 0 Å². The highest BCUT2D eigenvalue weighted by atomic mass is 16.1. The highest BCUT2D eigenvalue weighted by molar-refractivity contribution is 6.02. The van der Waals surface area contributed by atoms with Crippen molar-refractivity contribution in [1.82, 2.24) is 0 Å². The lowest BCUT2D eigenvalue weighted by Gasteiger charge is -2.43. The summed E-state index contributed by atoms with van der Waals surface area (Å²) in [5.74, 6) is 0.794. The first-order chi connectivity index (χ1) is 9.65. The van der Waals surface area contributed by atoms with Crippen LogP contribution in [0.15, 0.2) is 6.07 Å². The van der Waals surface area contributed by atoms with Crippen molar-refractivity contribution in [1.29, 1.82) is 0 Å². The van der Waals surface area contributed by atoms with Gasteiger partial charge in [0.2, 0.25) is 0 Å². The van der Waals surface area contributed by atoms with E-state index < -0.39 is 0 Å². The molecule has 21 heavy (non-hydrogen) atoms. The number of Topliss-reactive ketones (excluding diaryl/α,β-unsaturated/α-hetero) is 1. The van der Waals surface area contributed by atoms with Crippen LogP contribution >= 0.6 is 0 Å². The third-order valence-corrected chi connectivity index (χ3v) is 5.75. The molecular weight excluding hydrogens is 256 g/mol. The molecule has 0 atom stereocenters. The Hall–Kier alpha value is -1.11. The van der Waals surface area contributed by atoms with Gasteiger partial charge < -0.3 is 0 Å². The fraction of sp³-hybridized carbons (Fsp3) is 0.650. The van der Waals surface area contributed by atoms with Gasteiger partial charge in [0.1, 0.15) is 0 Å². The second-order valence-corrected chi connectivity index (χ2v) is 8.59. The van der Waals surface area contributed by atoms with Crippen LogP contribution in [0.4, 0.5) is 0 Å². The Kier molecular flexibility index (Phi) is 3.13. The standard InChI is InChI=1S/C20H28O/c1-12(2)14-11-15-18(13-7-8-16(21)17(13)14)20(5,6)10-9-19(15,3)4/h11-12H,7-10H2,1-6H3. The Morgan fingerprint density at radius 2 is 1.62 bits per heavy atom. The molecule has 1 nitrogen and oxygen atoms in total. The van der Waals surface area contributed by atoms with Crippen LogP contribution in [0.25, 0.3) is 0 Å². The molecule has 0 spiro atoms. The van der Waals surface area contributed by atoms with E-state index in [1.807, 2.05) is 0 Å². The van der Waals surface area contributed by atoms with E-state index in [2.05, 4.69) is 47.6 Å². The van der Waals surface area contributed by atoms with Crippen molar-refractivity contribution in [2.24, 2.45) is 0 Å². The smallest absolute Gasteiger partial charge is 0.163 e. The molecule has 0 bridgehead atoms. The van der Waals surface area contributed by atoms with E-state index in [4.69, 9.17) is 0 Å². The minimum Gasteiger partial charge on any atom is -0.294 e. The zero-order valence-corrected chi connectivity index (χ0v) is 14.4. The Morgan fingerprint density at radius 3 is 2.24 bits per heavy atom. The van der Waals surface area contributed by atoms with Crippen molar-refractivity contribution < 1.29 is 4.79 Å². The molecule has 0 heterocycles. The number of ketones is 1. The minimum absolute atomic E-state index is 0.203. The van der Waals surface area contributed by atoms with Gasteiger partial charge in [-0.1, -0.05) is 47.6 Å². The summed E-state index contributed by atoms with van der Waals surface area (Å²) in [6.45, 7) is 13.9. The van der Waals surface area contributed by atoms with Gasteiger partial charge in [-0.15, -0.1) is 0 Å². The van der Waals surface area contributed by atoms with Crippen molar-refractivity contribution >= 4 is 5.78 Å². The molecule has 2 aliphatic carbocycles. The molecule has 2 aliphatic rings. The van der Waals surface area contributed by atoms with Crippen molar-refractivity contribution in [3.05, 3.63) is 33.9 Å². The first kappa shape index (κ1) is 14.8. The zero-order chi connectivity index (χ0) is 15.6. The molecular formula is C20H28O. The summed E-state index contributed by atoms with van der Waals surface area (Å²) >= 11 is 0. The third kappa shape index (κ3) is 2.08. The predicted molar refractivity (Wildman–Crippen MR) is 88.5 cm³/mol. The molecule has 0 unspecified atom stereocenters. The molecule has 1 aromatic rings. The van der Waals surface area contributed by atoms with Gasteiger partial charge in [0.15, 0.2) is 5.78 Å². The van der Waals surface area contributed by atoms with E-state index in [0.717, 1.165) is 12.0 Å². The Morgan fingerprint density at radius 1 is 1.00 bits per heavy atom. The molecule has 0 N–H and O–H groups in total. The van der Waals surface area contributed by atoms with Gasteiger partial charge in [-0.05, 0) is 58.3 Å². The van der Waals surface area contributed by atoms with Crippen LogP contribution in [0.2, 0.25) is 0 Å². The number of carbonyl (C=O) groups is 1. The fourth-order valence-corrected chi connectivity index (χ4v) is 4.35. The average Bonchev–Trinajstić information content (AvgIpc) is 2.76. The maximum absolute atomic E-state index is 12.4. The number of rotatable bonds is 1. The first-order valence-electron chi connectivity index (χ1n) is 8.39. The largest absolute Gasteiger partial charge is 0.294 e. The fourth-order valence-electron chi connectivity index (χ4n) is 4.35. The molecule has 0 saturated carbocycles. The number of hydrogen-bond donors (Lipinski definition) is 0. The molecule has 3 rings (SSSR count). The normalized spacial score (nSPS) is 22.3. The summed E-state index contributed by atoms with van der Waals surface area (Å²) in [6.07, 6.45) is 4.12. The van der Waals surface area contributed by atoms with Crippen molar-refractivity contribution in [2.75, 3.05) is 0 Å². The third-order valence-electron chi connectivity index (χ3n) is 5.75. The van der Waals surface area contributed by atoms with Gasteiger partial charge in [0, 0.05) is 12.0 Å². The quantitative estimate of drug-likeness (QED) is 0.685. The number of carbonyl (C=O) groups excluding carboxylic acids is 1. The van der Waals surface area contributed by atoms with E-state index in [1.165, 1.54) is 35.1 Å². The minimum atomic E-state index is 0.203. The molecule has 114 valence electrons. The summed E-state index contributed by atoms with van der Waals surface area (Å²) in [6, 6.07) is 2.38. The predicted octanol–water partition coefficient (Wildman–Crippen LogP) is 5.29. The van der Waals surface area contributed by atoms with Crippen molar-refractivity contribution in [2.45, 2.75) is 84.0 Å². The highest BCUT2D eigenvalue weighted by Gasteiger charge is 2.42. The maximum atomic E-state index is 12.4. The Bertz CT molecular complexity index is 617. The zero-order valence-electron chi connectivity index (χ0n) is 14.4. The summed E-state index contributed by atoms with van der Waals surface area (Å²) < 4.78 is 0. The lowest BCUT2D eigenvalue weighted by atomic mass is 9.61. The Balaban J connectivity index is 2.39. The van der Waals surface area contributed by atoms with Crippen LogP contribution in [-0.4, -0.2) is 5.78 Å². The highest BCUT2D eigenvalue weighted by Crippen LogP contribution is 2.50. The monoisotopic (exact) mass is 284 g/mol. The molecule has 1 heteroatoms. The average molecular weight is 284 g/mol. The molecule has 1 aromatic carbocycles. The molecule has 0 aromatic heterocycles. The Labute approximate surface area is 129 Å². The van der Waals surface area contributed by atoms with Crippen molar-refractivity contribution in [3.63, 3.8) is 0 Å². The van der Waals surface area contributed by atoms with Crippen LogP contribution < -0.4 is 0 Å². The summed E-state index contributed by atoms with van der Waals surface area (Å²) in [4.78, 5) is 12.4. The number of fused-ring (bicyclic) bond motifs is 3. The second kappa shape index (κ2) is 4.44. The van der Waals surface area contributed by atoms with Crippen LogP contribution in [-0.2, 0) is 17.3 Å². The van der Waals surface area contributed by atoms with E-state index >= 15 is 0 Å². The SMILES string of the molecule is CC(C)c1cc2c(c3c1C(=O)CC3)C(C)(C)CCC2(C)C.